The van der Waals surface area contributed by atoms with Crippen molar-refractivity contribution in [2.45, 2.75) is 32.7 Å². The number of hydrogen-bond donors (Lipinski definition) is 3. The third-order valence-corrected chi connectivity index (χ3v) is 5.40. The Hall–Kier alpha value is -4.00. The average Bonchev–Trinajstić information content (AvgIpc) is 3.24. The minimum Gasteiger partial charge on any atom is -0.350 e. The van der Waals surface area contributed by atoms with Gasteiger partial charge in [-0.2, -0.15) is 0 Å². The molecule has 1 atom stereocenters. The van der Waals surface area contributed by atoms with Crippen LogP contribution in [0.3, 0.4) is 0 Å². The Morgan fingerprint density at radius 2 is 1.84 bits per heavy atom. The fraction of sp³-hybridized carbons (Fsp3) is 0.200. The molecule has 2 amide bonds. The first-order chi connectivity index (χ1) is 15.5. The second-order valence-corrected chi connectivity index (χ2v) is 7.78. The lowest BCUT2D eigenvalue weighted by Gasteiger charge is -2.19. The first-order valence-electron chi connectivity index (χ1n) is 10.5. The summed E-state index contributed by atoms with van der Waals surface area (Å²) in [6.07, 6.45) is 5.58. The van der Waals surface area contributed by atoms with E-state index in [4.69, 9.17) is 0 Å². The quantitative estimate of drug-likeness (QED) is 0.405. The number of nitrogens with one attached hydrogen (secondary N) is 3. The number of aryl methyl sites for hydroxylation is 2. The van der Waals surface area contributed by atoms with Crippen LogP contribution in [-0.2, 0) is 4.79 Å². The number of rotatable bonds is 7. The van der Waals surface area contributed by atoms with Crippen LogP contribution in [0.4, 0.5) is 5.69 Å². The number of anilines is 1. The van der Waals surface area contributed by atoms with E-state index < -0.39 is 6.04 Å². The number of amides is 2. The van der Waals surface area contributed by atoms with Crippen LogP contribution in [0, 0.1) is 13.8 Å². The zero-order chi connectivity index (χ0) is 22.5. The molecule has 4 aromatic rings. The van der Waals surface area contributed by atoms with Crippen molar-refractivity contribution in [1.82, 2.24) is 20.3 Å². The number of hydrogen-bond acceptors (Lipinski definition) is 4. The number of nitrogens with zero attached hydrogens (tertiary/aromatic N) is 2. The van der Waals surface area contributed by atoms with Crippen LogP contribution in [0.2, 0.25) is 0 Å². The van der Waals surface area contributed by atoms with E-state index in [0.29, 0.717) is 17.8 Å². The number of H-pyrrole nitrogens is 1. The van der Waals surface area contributed by atoms with E-state index in [1.54, 1.807) is 30.7 Å². The van der Waals surface area contributed by atoms with Crippen molar-refractivity contribution >= 4 is 28.4 Å². The van der Waals surface area contributed by atoms with Crippen molar-refractivity contribution in [3.05, 3.63) is 89.6 Å². The zero-order valence-electron chi connectivity index (χ0n) is 18.1. The number of para-hydroxylation sites is 1. The van der Waals surface area contributed by atoms with E-state index in [1.165, 1.54) is 0 Å². The molecular formula is C25H25N5O2. The maximum Gasteiger partial charge on any atom is 0.268 e. The van der Waals surface area contributed by atoms with Crippen molar-refractivity contribution in [2.75, 3.05) is 5.32 Å². The van der Waals surface area contributed by atoms with Crippen LogP contribution < -0.4 is 10.6 Å². The number of benzene rings is 1. The van der Waals surface area contributed by atoms with Crippen molar-refractivity contribution in [3.8, 4) is 0 Å². The molecule has 0 fully saturated rings. The highest BCUT2D eigenvalue weighted by atomic mass is 16.2. The largest absolute Gasteiger partial charge is 0.350 e. The summed E-state index contributed by atoms with van der Waals surface area (Å²) >= 11 is 0. The van der Waals surface area contributed by atoms with Gasteiger partial charge >= 0.3 is 0 Å². The highest BCUT2D eigenvalue weighted by Crippen LogP contribution is 2.23. The SMILES string of the molecule is Cc1cccnc1C(CCC(=O)Nc1cccnc1)NC(=O)c1cc2cccc(C)c2[nH]1. The summed E-state index contributed by atoms with van der Waals surface area (Å²) in [6, 6.07) is 14.7. The van der Waals surface area contributed by atoms with Gasteiger partial charge in [-0.25, -0.2) is 0 Å². The fourth-order valence-electron chi connectivity index (χ4n) is 3.74. The molecule has 0 saturated heterocycles. The number of carbonyl (C=O) groups is 2. The molecule has 0 saturated carbocycles. The topological polar surface area (TPSA) is 99.8 Å². The van der Waals surface area contributed by atoms with Crippen molar-refractivity contribution in [3.63, 3.8) is 0 Å². The van der Waals surface area contributed by atoms with E-state index >= 15 is 0 Å². The van der Waals surface area contributed by atoms with Gasteiger partial charge in [0.15, 0.2) is 0 Å². The molecule has 3 aromatic heterocycles. The molecule has 3 heterocycles. The second kappa shape index (κ2) is 9.43. The van der Waals surface area contributed by atoms with Gasteiger partial charge < -0.3 is 15.6 Å². The summed E-state index contributed by atoms with van der Waals surface area (Å²) in [4.78, 5) is 37.2. The Morgan fingerprint density at radius 3 is 2.59 bits per heavy atom. The van der Waals surface area contributed by atoms with Crippen molar-refractivity contribution < 1.29 is 9.59 Å². The molecule has 0 radical (unpaired) electrons. The minimum atomic E-state index is -0.407. The molecular weight excluding hydrogens is 402 g/mol. The average molecular weight is 428 g/mol. The maximum atomic E-state index is 13.1. The van der Waals surface area contributed by atoms with E-state index in [2.05, 4.69) is 25.6 Å². The zero-order valence-corrected chi connectivity index (χ0v) is 18.1. The molecule has 0 aliphatic carbocycles. The Bertz CT molecular complexity index is 1250. The Kier molecular flexibility index (Phi) is 6.26. The monoisotopic (exact) mass is 427 g/mol. The third kappa shape index (κ3) is 4.83. The Balaban J connectivity index is 1.51. The van der Waals surface area contributed by atoms with E-state index in [9.17, 15) is 9.59 Å². The number of aromatic amines is 1. The van der Waals surface area contributed by atoms with Crippen LogP contribution in [-0.4, -0.2) is 26.8 Å². The third-order valence-electron chi connectivity index (χ3n) is 5.40. The Morgan fingerprint density at radius 1 is 1.03 bits per heavy atom. The van der Waals surface area contributed by atoms with Crippen LogP contribution >= 0.6 is 0 Å². The molecule has 162 valence electrons. The van der Waals surface area contributed by atoms with Crippen LogP contribution in [0.1, 0.15) is 46.2 Å². The smallest absolute Gasteiger partial charge is 0.268 e. The highest BCUT2D eigenvalue weighted by molar-refractivity contribution is 5.99. The van der Waals surface area contributed by atoms with Gasteiger partial charge in [-0.1, -0.05) is 24.3 Å². The molecule has 0 spiro atoms. The first-order valence-corrected chi connectivity index (χ1v) is 10.5. The molecule has 7 heteroatoms. The van der Waals surface area contributed by atoms with Crippen LogP contribution in [0.15, 0.2) is 67.1 Å². The molecule has 4 rings (SSSR count). The van der Waals surface area contributed by atoms with E-state index in [-0.39, 0.29) is 18.2 Å². The summed E-state index contributed by atoms with van der Waals surface area (Å²) in [5.74, 6) is -0.379. The lowest BCUT2D eigenvalue weighted by atomic mass is 10.0. The summed E-state index contributed by atoms with van der Waals surface area (Å²) < 4.78 is 0. The van der Waals surface area contributed by atoms with Gasteiger partial charge in [0.1, 0.15) is 5.69 Å². The summed E-state index contributed by atoms with van der Waals surface area (Å²) in [7, 11) is 0. The van der Waals surface area contributed by atoms with Gasteiger partial charge in [0.2, 0.25) is 5.91 Å². The lowest BCUT2D eigenvalue weighted by molar-refractivity contribution is -0.116. The summed E-state index contributed by atoms with van der Waals surface area (Å²) in [5, 5.41) is 6.88. The second-order valence-electron chi connectivity index (χ2n) is 7.78. The van der Waals surface area contributed by atoms with Crippen LogP contribution in [0.25, 0.3) is 10.9 Å². The number of pyridine rings is 2. The van der Waals surface area contributed by atoms with Gasteiger partial charge in [0.05, 0.1) is 23.6 Å². The van der Waals surface area contributed by atoms with Gasteiger partial charge in [-0.05, 0) is 55.7 Å². The van der Waals surface area contributed by atoms with Gasteiger partial charge in [0, 0.05) is 29.7 Å². The van der Waals surface area contributed by atoms with Crippen molar-refractivity contribution in [2.24, 2.45) is 0 Å². The molecule has 3 N–H and O–H groups in total. The number of aromatic nitrogens is 3. The van der Waals surface area contributed by atoms with Crippen molar-refractivity contribution in [1.29, 1.82) is 0 Å². The molecule has 32 heavy (non-hydrogen) atoms. The van der Waals surface area contributed by atoms with Crippen LogP contribution in [0.5, 0.6) is 0 Å². The number of fused-ring (bicyclic) bond motifs is 1. The highest BCUT2D eigenvalue weighted by Gasteiger charge is 2.21. The molecule has 0 aliphatic rings. The number of carbonyl (C=O) groups excluding carboxylic acids is 2. The van der Waals surface area contributed by atoms with Gasteiger partial charge in [-0.15, -0.1) is 0 Å². The normalized spacial score (nSPS) is 11.8. The van der Waals surface area contributed by atoms with Gasteiger partial charge in [-0.3, -0.25) is 19.6 Å². The van der Waals surface area contributed by atoms with E-state index in [0.717, 1.165) is 27.7 Å². The first kappa shape index (κ1) is 21.2. The predicted molar refractivity (Wildman–Crippen MR) is 124 cm³/mol. The van der Waals surface area contributed by atoms with Gasteiger partial charge in [0.25, 0.3) is 5.91 Å². The fourth-order valence-corrected chi connectivity index (χ4v) is 3.74. The molecule has 0 bridgehead atoms. The molecule has 1 unspecified atom stereocenters. The summed E-state index contributed by atoms with van der Waals surface area (Å²) in [5.41, 5.74) is 4.85. The molecule has 1 aromatic carbocycles. The lowest BCUT2D eigenvalue weighted by Crippen LogP contribution is -2.30. The summed E-state index contributed by atoms with van der Waals surface area (Å²) in [6.45, 7) is 3.95. The Labute approximate surface area is 186 Å². The standard InChI is InChI=1S/C25H25N5O2/c1-16-6-3-8-18-14-21(29-23(16)18)25(32)30-20(24-17(2)7-4-13-27-24)10-11-22(31)28-19-9-5-12-26-15-19/h3-9,12-15,20,29H,10-11H2,1-2H3,(H,28,31)(H,30,32). The predicted octanol–water partition coefficient (Wildman–Crippen LogP) is 4.46. The molecule has 0 aliphatic heterocycles. The van der Waals surface area contributed by atoms with E-state index in [1.807, 2.05) is 50.2 Å². The minimum absolute atomic E-state index is 0.146. The molecule has 7 nitrogen and oxygen atoms in total. The maximum absolute atomic E-state index is 13.1.